The molecule has 100 valence electrons. The summed E-state index contributed by atoms with van der Waals surface area (Å²) in [5, 5.41) is 13.6. The first-order valence-electron chi connectivity index (χ1n) is 6.48. The fourth-order valence-corrected chi connectivity index (χ4v) is 2.98. The molecular weight excluding hydrogens is 297 g/mol. The lowest BCUT2D eigenvalue weighted by Gasteiger charge is -2.33. The number of hydrogen-bond acceptors (Lipinski definition) is 2. The van der Waals surface area contributed by atoms with Gasteiger partial charge < -0.3 is 10.4 Å². The van der Waals surface area contributed by atoms with Gasteiger partial charge in [0.05, 0.1) is 6.10 Å². The first kappa shape index (κ1) is 14.0. The van der Waals surface area contributed by atoms with Crippen molar-refractivity contribution in [2.75, 3.05) is 6.54 Å². The van der Waals surface area contributed by atoms with Crippen molar-refractivity contribution in [3.8, 4) is 0 Å². The van der Waals surface area contributed by atoms with Crippen LogP contribution in [0, 0.1) is 11.7 Å². The third kappa shape index (κ3) is 3.11. The molecule has 3 unspecified atom stereocenters. The molecule has 2 N–H and O–H groups in total. The summed E-state index contributed by atoms with van der Waals surface area (Å²) in [5.74, 6) is 0.284. The maximum Gasteiger partial charge on any atom is 0.129 e. The summed E-state index contributed by atoms with van der Waals surface area (Å²) < 4.78 is 14.5. The zero-order valence-corrected chi connectivity index (χ0v) is 12.1. The summed E-state index contributed by atoms with van der Waals surface area (Å²) in [6.07, 6.45) is 2.38. The van der Waals surface area contributed by atoms with Gasteiger partial charge in [0.15, 0.2) is 0 Å². The number of hydrogen-bond donors (Lipinski definition) is 2. The maximum atomic E-state index is 13.7. The van der Waals surface area contributed by atoms with E-state index in [2.05, 4.69) is 28.2 Å². The topological polar surface area (TPSA) is 32.3 Å². The number of piperidine rings is 1. The van der Waals surface area contributed by atoms with Gasteiger partial charge >= 0.3 is 0 Å². The highest BCUT2D eigenvalue weighted by atomic mass is 79.9. The van der Waals surface area contributed by atoms with Crippen molar-refractivity contribution in [2.45, 2.75) is 38.3 Å². The molecule has 0 aromatic heterocycles. The van der Waals surface area contributed by atoms with Crippen LogP contribution in [0.2, 0.25) is 0 Å². The molecule has 1 aromatic carbocycles. The van der Waals surface area contributed by atoms with Crippen LogP contribution in [0.3, 0.4) is 0 Å². The Morgan fingerprint density at radius 3 is 3.06 bits per heavy atom. The normalized spacial score (nSPS) is 26.0. The van der Waals surface area contributed by atoms with Gasteiger partial charge in [-0.2, -0.15) is 0 Å². The van der Waals surface area contributed by atoms with Crippen LogP contribution in [-0.4, -0.2) is 17.7 Å². The zero-order valence-electron chi connectivity index (χ0n) is 10.5. The quantitative estimate of drug-likeness (QED) is 0.896. The van der Waals surface area contributed by atoms with Gasteiger partial charge in [-0.25, -0.2) is 4.39 Å². The molecule has 18 heavy (non-hydrogen) atoms. The first-order chi connectivity index (χ1) is 8.61. The largest absolute Gasteiger partial charge is 0.387 e. The summed E-state index contributed by atoms with van der Waals surface area (Å²) in [4.78, 5) is 0. The summed E-state index contributed by atoms with van der Waals surface area (Å²) in [6, 6.07) is 4.65. The average Bonchev–Trinajstić information content (AvgIpc) is 2.41. The summed E-state index contributed by atoms with van der Waals surface area (Å²) >= 11 is 3.32. The van der Waals surface area contributed by atoms with Crippen molar-refractivity contribution >= 4 is 15.9 Å². The molecule has 2 nitrogen and oxygen atoms in total. The van der Waals surface area contributed by atoms with Gasteiger partial charge in [0.1, 0.15) is 5.82 Å². The Bertz CT molecular complexity index is 413. The zero-order chi connectivity index (χ0) is 13.1. The molecule has 0 radical (unpaired) electrons. The Kier molecular flexibility index (Phi) is 4.76. The van der Waals surface area contributed by atoms with Crippen molar-refractivity contribution in [3.05, 3.63) is 34.1 Å². The lowest BCUT2D eigenvalue weighted by molar-refractivity contribution is 0.0947. The minimum Gasteiger partial charge on any atom is -0.387 e. The van der Waals surface area contributed by atoms with E-state index in [1.807, 2.05) is 0 Å². The van der Waals surface area contributed by atoms with Gasteiger partial charge in [-0.1, -0.05) is 29.3 Å². The van der Waals surface area contributed by atoms with Crippen LogP contribution < -0.4 is 5.32 Å². The molecule has 0 aliphatic carbocycles. The van der Waals surface area contributed by atoms with E-state index in [9.17, 15) is 9.50 Å². The molecule has 0 saturated carbocycles. The molecule has 0 bridgehead atoms. The maximum absolute atomic E-state index is 13.7. The Morgan fingerprint density at radius 1 is 1.56 bits per heavy atom. The van der Waals surface area contributed by atoms with E-state index in [1.54, 1.807) is 12.1 Å². The second-order valence-corrected chi connectivity index (χ2v) is 5.89. The Labute approximate surface area is 116 Å². The van der Waals surface area contributed by atoms with Crippen molar-refractivity contribution in [2.24, 2.45) is 5.92 Å². The second-order valence-electron chi connectivity index (χ2n) is 4.97. The highest BCUT2D eigenvalue weighted by Crippen LogP contribution is 2.30. The smallest absolute Gasteiger partial charge is 0.129 e. The average molecular weight is 316 g/mol. The number of nitrogens with one attached hydrogen (secondary N) is 1. The van der Waals surface area contributed by atoms with Crippen LogP contribution in [-0.2, 0) is 0 Å². The Hall–Kier alpha value is -0.450. The number of benzene rings is 1. The van der Waals surface area contributed by atoms with Gasteiger partial charge in [-0.3, -0.25) is 0 Å². The molecular formula is C14H19BrFNO. The molecule has 1 aliphatic rings. The minimum atomic E-state index is -0.781. The third-order valence-electron chi connectivity index (χ3n) is 3.78. The van der Waals surface area contributed by atoms with Gasteiger partial charge in [0.25, 0.3) is 0 Å². The number of aliphatic hydroxyl groups excluding tert-OH is 1. The van der Waals surface area contributed by atoms with Crippen molar-refractivity contribution < 1.29 is 9.50 Å². The van der Waals surface area contributed by atoms with Gasteiger partial charge in [-0.15, -0.1) is 0 Å². The van der Waals surface area contributed by atoms with Crippen molar-refractivity contribution in [3.63, 3.8) is 0 Å². The van der Waals surface area contributed by atoms with E-state index in [4.69, 9.17) is 0 Å². The second kappa shape index (κ2) is 6.13. The van der Waals surface area contributed by atoms with Crippen LogP contribution in [0.15, 0.2) is 22.7 Å². The molecule has 1 saturated heterocycles. The van der Waals surface area contributed by atoms with Crippen LogP contribution in [0.1, 0.15) is 37.9 Å². The number of aliphatic hydroxyl groups is 1. The molecule has 1 aliphatic heterocycles. The van der Waals surface area contributed by atoms with Crippen LogP contribution in [0.4, 0.5) is 4.39 Å². The molecule has 0 spiro atoms. The van der Waals surface area contributed by atoms with Crippen LogP contribution in [0.25, 0.3) is 0 Å². The number of halogens is 2. The predicted octanol–water partition coefficient (Wildman–Crippen LogP) is 3.40. The number of rotatable bonds is 3. The summed E-state index contributed by atoms with van der Waals surface area (Å²) in [6.45, 7) is 3.06. The SMILES string of the molecule is CCC1CCNC(C(O)c2cc(Br)ccc2F)C1. The minimum absolute atomic E-state index is 0.0486. The molecule has 2 rings (SSSR count). The predicted molar refractivity (Wildman–Crippen MR) is 73.9 cm³/mol. The van der Waals surface area contributed by atoms with E-state index < -0.39 is 6.10 Å². The summed E-state index contributed by atoms with van der Waals surface area (Å²) in [5.41, 5.74) is 0.374. The van der Waals surface area contributed by atoms with E-state index in [0.29, 0.717) is 11.5 Å². The van der Waals surface area contributed by atoms with Gasteiger partial charge in [-0.05, 0) is 43.5 Å². The fourth-order valence-electron chi connectivity index (χ4n) is 2.60. The van der Waals surface area contributed by atoms with E-state index >= 15 is 0 Å². The van der Waals surface area contributed by atoms with Crippen molar-refractivity contribution in [1.82, 2.24) is 5.32 Å². The Morgan fingerprint density at radius 2 is 2.33 bits per heavy atom. The highest BCUT2D eigenvalue weighted by molar-refractivity contribution is 9.10. The van der Waals surface area contributed by atoms with Crippen molar-refractivity contribution in [1.29, 1.82) is 0 Å². The van der Waals surface area contributed by atoms with Gasteiger partial charge in [0.2, 0.25) is 0 Å². The Balaban J connectivity index is 2.14. The van der Waals surface area contributed by atoms with E-state index in [0.717, 1.165) is 30.3 Å². The monoisotopic (exact) mass is 315 g/mol. The standard InChI is InChI=1S/C14H19BrFNO/c1-2-9-5-6-17-13(7-9)14(18)11-8-10(15)3-4-12(11)16/h3-4,8-9,13-14,17-18H,2,5-7H2,1H3. The molecule has 1 heterocycles. The fraction of sp³-hybridized carbons (Fsp3) is 0.571. The van der Waals surface area contributed by atoms with E-state index in [-0.39, 0.29) is 11.9 Å². The molecule has 1 aromatic rings. The lowest BCUT2D eigenvalue weighted by atomic mass is 9.86. The van der Waals surface area contributed by atoms with Gasteiger partial charge in [0, 0.05) is 16.1 Å². The molecule has 4 heteroatoms. The molecule has 3 atom stereocenters. The lowest BCUT2D eigenvalue weighted by Crippen LogP contribution is -2.42. The third-order valence-corrected chi connectivity index (χ3v) is 4.27. The molecule has 1 fully saturated rings. The molecule has 0 amide bonds. The van der Waals surface area contributed by atoms with E-state index in [1.165, 1.54) is 6.07 Å². The first-order valence-corrected chi connectivity index (χ1v) is 7.27. The summed E-state index contributed by atoms with van der Waals surface area (Å²) in [7, 11) is 0. The van der Waals surface area contributed by atoms with Crippen LogP contribution >= 0.6 is 15.9 Å². The van der Waals surface area contributed by atoms with Crippen LogP contribution in [0.5, 0.6) is 0 Å². The highest BCUT2D eigenvalue weighted by Gasteiger charge is 2.28.